The summed E-state index contributed by atoms with van der Waals surface area (Å²) in [5, 5.41) is 3.27. The number of alkyl halides is 3. The number of rotatable bonds is 3. The lowest BCUT2D eigenvalue weighted by Gasteiger charge is -2.26. The number of hydrogen-bond acceptors (Lipinski definition) is 3. The Morgan fingerprint density at radius 1 is 1.13 bits per heavy atom. The second-order valence-electron chi connectivity index (χ2n) is 5.90. The van der Waals surface area contributed by atoms with Crippen LogP contribution in [0.25, 0.3) is 0 Å². The minimum absolute atomic E-state index is 0.0544. The number of anilines is 1. The van der Waals surface area contributed by atoms with Crippen molar-refractivity contribution in [3.8, 4) is 0 Å². The molecule has 1 N–H and O–H groups in total. The summed E-state index contributed by atoms with van der Waals surface area (Å²) >= 11 is 0. The van der Waals surface area contributed by atoms with Gasteiger partial charge in [-0.15, -0.1) is 0 Å². The first-order valence-corrected chi connectivity index (χ1v) is 7.78. The molecule has 1 atom stereocenters. The molecule has 1 aromatic rings. The zero-order valence-corrected chi connectivity index (χ0v) is 12.6. The van der Waals surface area contributed by atoms with Gasteiger partial charge in [-0.2, -0.15) is 13.2 Å². The van der Waals surface area contributed by atoms with Crippen LogP contribution in [0.5, 0.6) is 0 Å². The minimum atomic E-state index is -4.47. The standard InChI is InChI=1S/C16H19F3N2O2/c17-16(18,19)12-3-1-2-4-14(12)21-8-5-13(15(21)22)20-11-6-9-23-10-7-11/h1-4,11,13,20H,5-10H2. The normalized spacial score (nSPS) is 23.5. The number of hydrogen-bond donors (Lipinski definition) is 1. The van der Waals surface area contributed by atoms with E-state index in [9.17, 15) is 18.0 Å². The first kappa shape index (κ1) is 16.3. The summed E-state index contributed by atoms with van der Waals surface area (Å²) in [5.41, 5.74) is -0.818. The van der Waals surface area contributed by atoms with Crippen LogP contribution in [0, 0.1) is 0 Å². The highest BCUT2D eigenvalue weighted by Gasteiger charge is 2.40. The third kappa shape index (κ3) is 3.50. The van der Waals surface area contributed by atoms with Crippen molar-refractivity contribution in [1.82, 2.24) is 5.32 Å². The molecule has 0 bridgehead atoms. The van der Waals surface area contributed by atoms with Gasteiger partial charge in [0.25, 0.3) is 0 Å². The van der Waals surface area contributed by atoms with Crippen LogP contribution in [0.2, 0.25) is 0 Å². The summed E-state index contributed by atoms with van der Waals surface area (Å²) in [6, 6.07) is 5.01. The predicted molar refractivity (Wildman–Crippen MR) is 79.2 cm³/mol. The van der Waals surface area contributed by atoms with Crippen molar-refractivity contribution in [2.75, 3.05) is 24.7 Å². The average Bonchev–Trinajstić information content (AvgIpc) is 2.88. The van der Waals surface area contributed by atoms with Crippen molar-refractivity contribution < 1.29 is 22.7 Å². The van der Waals surface area contributed by atoms with Gasteiger partial charge in [0.05, 0.1) is 17.3 Å². The highest BCUT2D eigenvalue weighted by molar-refractivity contribution is 6.00. The Kier molecular flexibility index (Phi) is 4.59. The van der Waals surface area contributed by atoms with Gasteiger partial charge in [-0.1, -0.05) is 12.1 Å². The molecule has 3 rings (SSSR count). The van der Waals surface area contributed by atoms with Crippen LogP contribution in [-0.4, -0.2) is 37.7 Å². The van der Waals surface area contributed by atoms with Crippen molar-refractivity contribution in [2.24, 2.45) is 0 Å². The second-order valence-corrected chi connectivity index (χ2v) is 5.90. The van der Waals surface area contributed by atoms with Gasteiger partial charge < -0.3 is 15.0 Å². The number of halogens is 3. The minimum Gasteiger partial charge on any atom is -0.381 e. The van der Waals surface area contributed by atoms with Crippen LogP contribution >= 0.6 is 0 Å². The highest BCUT2D eigenvalue weighted by Crippen LogP contribution is 2.37. The average molecular weight is 328 g/mol. The van der Waals surface area contributed by atoms with Crippen LogP contribution in [0.1, 0.15) is 24.8 Å². The van der Waals surface area contributed by atoms with Crippen molar-refractivity contribution in [3.63, 3.8) is 0 Å². The largest absolute Gasteiger partial charge is 0.418 e. The molecule has 23 heavy (non-hydrogen) atoms. The maximum Gasteiger partial charge on any atom is 0.418 e. The van der Waals surface area contributed by atoms with E-state index in [0.717, 1.165) is 18.9 Å². The highest BCUT2D eigenvalue weighted by atomic mass is 19.4. The maximum atomic E-state index is 13.1. The van der Waals surface area contributed by atoms with Crippen molar-refractivity contribution >= 4 is 11.6 Å². The summed E-state index contributed by atoms with van der Waals surface area (Å²) in [7, 11) is 0. The van der Waals surface area contributed by atoms with Crippen LogP contribution in [0.4, 0.5) is 18.9 Å². The van der Waals surface area contributed by atoms with E-state index in [1.54, 1.807) is 0 Å². The molecular formula is C16H19F3N2O2. The summed E-state index contributed by atoms with van der Waals surface area (Å²) in [5.74, 6) is -0.284. The van der Waals surface area contributed by atoms with Crippen molar-refractivity contribution in [1.29, 1.82) is 0 Å². The first-order chi connectivity index (χ1) is 11.0. The molecule has 7 heteroatoms. The Morgan fingerprint density at radius 3 is 2.52 bits per heavy atom. The van der Waals surface area contributed by atoms with Gasteiger partial charge in [0.15, 0.2) is 0 Å². The van der Waals surface area contributed by atoms with E-state index in [1.165, 1.54) is 23.1 Å². The number of carbonyl (C=O) groups is 1. The number of amides is 1. The van der Waals surface area contributed by atoms with E-state index in [0.29, 0.717) is 26.2 Å². The quantitative estimate of drug-likeness (QED) is 0.927. The van der Waals surface area contributed by atoms with Gasteiger partial charge >= 0.3 is 6.18 Å². The van der Waals surface area contributed by atoms with Gasteiger partial charge in [-0.05, 0) is 31.4 Å². The Hall–Kier alpha value is -1.60. The van der Waals surface area contributed by atoms with E-state index in [-0.39, 0.29) is 17.6 Å². The van der Waals surface area contributed by atoms with Crippen LogP contribution < -0.4 is 10.2 Å². The Morgan fingerprint density at radius 2 is 1.83 bits per heavy atom. The zero-order valence-electron chi connectivity index (χ0n) is 12.6. The predicted octanol–water partition coefficient (Wildman–Crippen LogP) is 2.58. The van der Waals surface area contributed by atoms with Crippen molar-refractivity contribution in [3.05, 3.63) is 29.8 Å². The smallest absolute Gasteiger partial charge is 0.381 e. The fourth-order valence-electron chi connectivity index (χ4n) is 3.17. The summed E-state index contributed by atoms with van der Waals surface area (Å²) < 4.78 is 44.7. The van der Waals surface area contributed by atoms with Gasteiger partial charge in [0.2, 0.25) is 5.91 Å². The van der Waals surface area contributed by atoms with Gasteiger partial charge in [0.1, 0.15) is 0 Å². The molecule has 2 fully saturated rings. The second kappa shape index (κ2) is 6.49. The van der Waals surface area contributed by atoms with Crippen LogP contribution in [-0.2, 0) is 15.7 Å². The van der Waals surface area contributed by atoms with Gasteiger partial charge in [-0.25, -0.2) is 0 Å². The van der Waals surface area contributed by atoms with Crippen molar-refractivity contribution in [2.45, 2.75) is 37.5 Å². The monoisotopic (exact) mass is 328 g/mol. The number of nitrogens with zero attached hydrogens (tertiary/aromatic N) is 1. The number of nitrogens with one attached hydrogen (secondary N) is 1. The van der Waals surface area contributed by atoms with E-state index in [1.807, 2.05) is 0 Å². The molecule has 2 saturated heterocycles. The lowest BCUT2D eigenvalue weighted by molar-refractivity contribution is -0.137. The number of para-hydroxylation sites is 1. The molecule has 1 aromatic carbocycles. The molecule has 2 aliphatic heterocycles. The lowest BCUT2D eigenvalue weighted by atomic mass is 10.1. The zero-order chi connectivity index (χ0) is 16.4. The molecule has 2 heterocycles. The van der Waals surface area contributed by atoms with Crippen LogP contribution in [0.3, 0.4) is 0 Å². The molecule has 0 saturated carbocycles. The number of ether oxygens (including phenoxy) is 1. The molecule has 0 spiro atoms. The fourth-order valence-corrected chi connectivity index (χ4v) is 3.17. The molecule has 1 unspecified atom stereocenters. The Bertz CT molecular complexity index is 571. The maximum absolute atomic E-state index is 13.1. The molecular weight excluding hydrogens is 309 g/mol. The molecule has 0 aliphatic carbocycles. The lowest BCUT2D eigenvalue weighted by Crippen LogP contribution is -2.46. The Labute approximate surface area is 132 Å². The third-order valence-corrected chi connectivity index (χ3v) is 4.36. The molecule has 2 aliphatic rings. The third-order valence-electron chi connectivity index (χ3n) is 4.36. The van der Waals surface area contributed by atoms with Gasteiger partial charge in [-0.3, -0.25) is 4.79 Å². The summed E-state index contributed by atoms with van der Waals surface area (Å²) in [6.45, 7) is 1.60. The van der Waals surface area contributed by atoms with E-state index >= 15 is 0 Å². The number of benzene rings is 1. The summed E-state index contributed by atoms with van der Waals surface area (Å²) in [6.07, 6.45) is -2.31. The van der Waals surface area contributed by atoms with E-state index < -0.39 is 17.8 Å². The van der Waals surface area contributed by atoms with Gasteiger partial charge in [0, 0.05) is 25.8 Å². The topological polar surface area (TPSA) is 41.6 Å². The SMILES string of the molecule is O=C1C(NC2CCOCC2)CCN1c1ccccc1C(F)(F)F. The molecule has 126 valence electrons. The van der Waals surface area contributed by atoms with E-state index in [4.69, 9.17) is 4.74 Å². The van der Waals surface area contributed by atoms with E-state index in [2.05, 4.69) is 5.32 Å². The molecule has 0 radical (unpaired) electrons. The first-order valence-electron chi connectivity index (χ1n) is 7.78. The summed E-state index contributed by atoms with van der Waals surface area (Å²) in [4.78, 5) is 13.8. The molecule has 0 aromatic heterocycles. The van der Waals surface area contributed by atoms with Crippen LogP contribution in [0.15, 0.2) is 24.3 Å². The number of carbonyl (C=O) groups excluding carboxylic acids is 1. The molecule has 4 nitrogen and oxygen atoms in total. The fraction of sp³-hybridized carbons (Fsp3) is 0.562. The molecule has 1 amide bonds. The Balaban J connectivity index is 1.74.